The zero-order valence-electron chi connectivity index (χ0n) is 14.2. The Morgan fingerprint density at radius 3 is 2.54 bits per heavy atom. The summed E-state index contributed by atoms with van der Waals surface area (Å²) in [5.74, 6) is 0.0681. The highest BCUT2D eigenvalue weighted by Gasteiger charge is 2.20. The van der Waals surface area contributed by atoms with Crippen LogP contribution in [0.4, 0.5) is 0 Å². The summed E-state index contributed by atoms with van der Waals surface area (Å²) in [6.45, 7) is 2.11. The highest BCUT2D eigenvalue weighted by atomic mass is 79.9. The van der Waals surface area contributed by atoms with Crippen LogP contribution in [0.2, 0.25) is 0 Å². The molecule has 0 amide bonds. The predicted octanol–water partition coefficient (Wildman–Crippen LogP) is 6.32. The maximum Gasteiger partial charge on any atom is 0.0893 e. The Hall–Kier alpha value is -1.98. The van der Waals surface area contributed by atoms with E-state index in [1.807, 2.05) is 30.3 Å². The summed E-state index contributed by atoms with van der Waals surface area (Å²) in [6.07, 6.45) is 4.00. The van der Waals surface area contributed by atoms with E-state index in [1.165, 1.54) is 11.1 Å². The maximum atomic E-state index is 9.67. The molecule has 0 bridgehead atoms. The average Bonchev–Trinajstić information content (AvgIpc) is 2.64. The van der Waals surface area contributed by atoms with Crippen molar-refractivity contribution >= 4 is 37.6 Å². The number of nitrogens with zero attached hydrogens (tertiary/aromatic N) is 2. The van der Waals surface area contributed by atoms with Crippen molar-refractivity contribution in [2.45, 2.75) is 19.3 Å². The molecular formula is C21H18Br2N2O. The summed E-state index contributed by atoms with van der Waals surface area (Å²) < 4.78 is 1.88. The fourth-order valence-electron chi connectivity index (χ4n) is 3.09. The van der Waals surface area contributed by atoms with Gasteiger partial charge in [0.25, 0.3) is 0 Å². The molecule has 132 valence electrons. The lowest BCUT2D eigenvalue weighted by Crippen LogP contribution is -2.12. The number of halogens is 2. The van der Waals surface area contributed by atoms with E-state index in [2.05, 4.69) is 73.2 Å². The third-order valence-electron chi connectivity index (χ3n) is 4.37. The van der Waals surface area contributed by atoms with Crippen LogP contribution in [0.15, 0.2) is 81.1 Å². The van der Waals surface area contributed by atoms with Gasteiger partial charge in [-0.1, -0.05) is 57.5 Å². The van der Waals surface area contributed by atoms with Gasteiger partial charge in [-0.25, -0.2) is 0 Å². The molecule has 2 aromatic carbocycles. The highest BCUT2D eigenvalue weighted by Crippen LogP contribution is 2.33. The second-order valence-corrected chi connectivity index (χ2v) is 7.94. The molecule has 3 aromatic rings. The van der Waals surface area contributed by atoms with E-state index < -0.39 is 0 Å². The van der Waals surface area contributed by atoms with Crippen LogP contribution >= 0.6 is 31.9 Å². The lowest BCUT2D eigenvalue weighted by atomic mass is 9.84. The first-order chi connectivity index (χ1) is 12.6. The molecular weight excluding hydrogens is 456 g/mol. The minimum absolute atomic E-state index is 0.0681. The van der Waals surface area contributed by atoms with Crippen LogP contribution in [0.25, 0.3) is 0 Å². The van der Waals surface area contributed by atoms with Gasteiger partial charge in [0.05, 0.1) is 5.71 Å². The van der Waals surface area contributed by atoms with Crippen molar-refractivity contribution in [1.82, 2.24) is 4.98 Å². The summed E-state index contributed by atoms with van der Waals surface area (Å²) >= 11 is 6.99. The van der Waals surface area contributed by atoms with Crippen molar-refractivity contribution in [1.29, 1.82) is 0 Å². The van der Waals surface area contributed by atoms with Gasteiger partial charge in [0.1, 0.15) is 0 Å². The van der Waals surface area contributed by atoms with E-state index in [1.54, 1.807) is 12.4 Å². The molecule has 3 nitrogen and oxygen atoms in total. The first-order valence-corrected chi connectivity index (χ1v) is 9.80. The Bertz CT molecular complexity index is 941. The van der Waals surface area contributed by atoms with Gasteiger partial charge in [0.15, 0.2) is 0 Å². The summed E-state index contributed by atoms with van der Waals surface area (Å²) in [4.78, 5) is 4.19. The molecule has 3 rings (SSSR count). The molecule has 1 unspecified atom stereocenters. The van der Waals surface area contributed by atoms with Crippen molar-refractivity contribution in [2.75, 3.05) is 0 Å². The smallest absolute Gasteiger partial charge is 0.0893 e. The van der Waals surface area contributed by atoms with Crippen molar-refractivity contribution < 1.29 is 5.21 Å². The van der Waals surface area contributed by atoms with Crippen LogP contribution in [0, 0.1) is 6.92 Å². The zero-order chi connectivity index (χ0) is 18.5. The topological polar surface area (TPSA) is 45.5 Å². The SMILES string of the molecule is Cc1ccccc1C(CC(=NO)c1cncc(Br)c1)c1cccc(Br)c1. The number of hydrogen-bond acceptors (Lipinski definition) is 3. The van der Waals surface area contributed by atoms with Gasteiger partial charge in [-0.05, 0) is 57.7 Å². The molecule has 0 spiro atoms. The van der Waals surface area contributed by atoms with Gasteiger partial charge >= 0.3 is 0 Å². The predicted molar refractivity (Wildman–Crippen MR) is 112 cm³/mol. The van der Waals surface area contributed by atoms with Gasteiger partial charge in [-0.2, -0.15) is 0 Å². The number of benzene rings is 2. The maximum absolute atomic E-state index is 9.67. The number of pyridine rings is 1. The first-order valence-electron chi connectivity index (χ1n) is 8.21. The molecule has 0 aliphatic heterocycles. The van der Waals surface area contributed by atoms with Crippen molar-refractivity contribution in [3.8, 4) is 0 Å². The second kappa shape index (κ2) is 8.60. The van der Waals surface area contributed by atoms with E-state index >= 15 is 0 Å². The Kier molecular flexibility index (Phi) is 6.22. The molecule has 1 atom stereocenters. The summed E-state index contributed by atoms with van der Waals surface area (Å²) in [7, 11) is 0. The Morgan fingerprint density at radius 2 is 1.85 bits per heavy atom. The molecule has 1 heterocycles. The summed E-state index contributed by atoms with van der Waals surface area (Å²) in [5, 5.41) is 13.3. The Balaban J connectivity index is 2.05. The number of rotatable bonds is 5. The third kappa shape index (κ3) is 4.40. The van der Waals surface area contributed by atoms with E-state index in [-0.39, 0.29) is 5.92 Å². The standard InChI is InChI=1S/C21H18Br2N2O/c1-14-5-2-3-8-19(14)20(15-6-4-7-17(22)9-15)11-21(25-26)16-10-18(23)13-24-12-16/h2-10,12-13,20,26H,11H2,1H3. The molecule has 1 N–H and O–H groups in total. The molecule has 1 aromatic heterocycles. The summed E-state index contributed by atoms with van der Waals surface area (Å²) in [5.41, 5.74) is 5.00. The number of aromatic nitrogens is 1. The van der Waals surface area contributed by atoms with E-state index in [4.69, 9.17) is 0 Å². The largest absolute Gasteiger partial charge is 0.411 e. The fraction of sp³-hybridized carbons (Fsp3) is 0.143. The van der Waals surface area contributed by atoms with Gasteiger partial charge in [0, 0.05) is 39.2 Å². The quantitative estimate of drug-likeness (QED) is 0.268. The monoisotopic (exact) mass is 472 g/mol. The van der Waals surface area contributed by atoms with Crippen LogP contribution in [0.5, 0.6) is 0 Å². The molecule has 0 saturated carbocycles. The van der Waals surface area contributed by atoms with Crippen LogP contribution in [-0.2, 0) is 0 Å². The van der Waals surface area contributed by atoms with Crippen LogP contribution in [0.1, 0.15) is 34.6 Å². The highest BCUT2D eigenvalue weighted by molar-refractivity contribution is 9.10. The van der Waals surface area contributed by atoms with Crippen molar-refractivity contribution in [3.63, 3.8) is 0 Å². The minimum atomic E-state index is 0.0681. The van der Waals surface area contributed by atoms with Crippen LogP contribution < -0.4 is 0 Å². The Morgan fingerprint density at radius 1 is 1.04 bits per heavy atom. The molecule has 0 saturated heterocycles. The van der Waals surface area contributed by atoms with Crippen LogP contribution in [0.3, 0.4) is 0 Å². The molecule has 0 fully saturated rings. The Labute approximate surface area is 170 Å². The number of oxime groups is 1. The molecule has 0 aliphatic rings. The van der Waals surface area contributed by atoms with Crippen molar-refractivity contribution in [3.05, 3.63) is 98.2 Å². The van der Waals surface area contributed by atoms with E-state index in [9.17, 15) is 5.21 Å². The summed E-state index contributed by atoms with van der Waals surface area (Å²) in [6, 6.07) is 18.5. The lowest BCUT2D eigenvalue weighted by Gasteiger charge is -2.21. The molecule has 0 radical (unpaired) electrons. The van der Waals surface area contributed by atoms with Gasteiger partial charge in [-0.3, -0.25) is 4.98 Å². The van der Waals surface area contributed by atoms with Gasteiger partial charge in [0.2, 0.25) is 0 Å². The first kappa shape index (κ1) is 18.8. The van der Waals surface area contributed by atoms with Gasteiger partial charge in [-0.15, -0.1) is 0 Å². The van der Waals surface area contributed by atoms with E-state index in [0.717, 1.165) is 20.1 Å². The van der Waals surface area contributed by atoms with Crippen LogP contribution in [-0.4, -0.2) is 15.9 Å². The number of hydrogen-bond donors (Lipinski definition) is 1. The van der Waals surface area contributed by atoms with E-state index in [0.29, 0.717) is 12.1 Å². The minimum Gasteiger partial charge on any atom is -0.411 e. The number of aryl methyl sites for hydroxylation is 1. The molecule has 26 heavy (non-hydrogen) atoms. The van der Waals surface area contributed by atoms with Gasteiger partial charge < -0.3 is 5.21 Å². The second-order valence-electron chi connectivity index (χ2n) is 6.11. The van der Waals surface area contributed by atoms with Crippen molar-refractivity contribution in [2.24, 2.45) is 5.16 Å². The normalized spacial score (nSPS) is 12.8. The average molecular weight is 474 g/mol. The third-order valence-corrected chi connectivity index (χ3v) is 5.30. The fourth-order valence-corrected chi connectivity index (χ4v) is 3.87. The molecule has 0 aliphatic carbocycles. The molecule has 5 heteroatoms. The lowest BCUT2D eigenvalue weighted by molar-refractivity contribution is 0.317. The zero-order valence-corrected chi connectivity index (χ0v) is 17.4.